The fourth-order valence-electron chi connectivity index (χ4n) is 1.78. The lowest BCUT2D eigenvalue weighted by Crippen LogP contribution is -2.13. The Labute approximate surface area is 136 Å². The number of nitrogens with one attached hydrogen (secondary N) is 1. The zero-order valence-electron chi connectivity index (χ0n) is 12.6. The highest BCUT2D eigenvalue weighted by Gasteiger charge is 2.30. The second kappa shape index (κ2) is 7.51. The van der Waals surface area contributed by atoms with Crippen molar-refractivity contribution in [3.8, 4) is 11.8 Å². The summed E-state index contributed by atoms with van der Waals surface area (Å²) in [6.45, 7) is 1.91. The first-order chi connectivity index (χ1) is 11.4. The van der Waals surface area contributed by atoms with Crippen molar-refractivity contribution in [2.75, 3.05) is 11.9 Å². The second-order valence-electron chi connectivity index (χ2n) is 4.64. The highest BCUT2D eigenvalue weighted by atomic mass is 19.4. The molecule has 0 atom stereocenters. The van der Waals surface area contributed by atoms with Crippen LogP contribution in [0.5, 0.6) is 0 Å². The summed E-state index contributed by atoms with van der Waals surface area (Å²) in [4.78, 5) is 15.2. The van der Waals surface area contributed by atoms with Gasteiger partial charge in [0.15, 0.2) is 0 Å². The van der Waals surface area contributed by atoms with Gasteiger partial charge in [0.25, 0.3) is 0 Å². The number of anilines is 1. The number of hydrogen-bond acceptors (Lipinski definition) is 3. The molecule has 4 nitrogen and oxygen atoms in total. The largest absolute Gasteiger partial charge is 0.450 e. The molecule has 0 aliphatic heterocycles. The van der Waals surface area contributed by atoms with Crippen LogP contribution in [0.4, 0.5) is 23.7 Å². The van der Waals surface area contributed by atoms with Crippen LogP contribution in [0.1, 0.15) is 23.6 Å². The highest BCUT2D eigenvalue weighted by Crippen LogP contribution is 2.29. The van der Waals surface area contributed by atoms with E-state index in [9.17, 15) is 18.0 Å². The molecular formula is C17H13F3N2O2. The van der Waals surface area contributed by atoms with Crippen molar-refractivity contribution >= 4 is 11.8 Å². The zero-order valence-corrected chi connectivity index (χ0v) is 12.6. The Kier molecular flexibility index (Phi) is 5.42. The normalized spacial score (nSPS) is 10.5. The Morgan fingerprint density at radius 1 is 1.21 bits per heavy atom. The number of rotatable bonds is 2. The summed E-state index contributed by atoms with van der Waals surface area (Å²) in [5, 5.41) is 2.47. The van der Waals surface area contributed by atoms with Crippen LogP contribution in [0.15, 0.2) is 42.7 Å². The van der Waals surface area contributed by atoms with Gasteiger partial charge in [-0.2, -0.15) is 13.2 Å². The average Bonchev–Trinajstić information content (AvgIpc) is 2.53. The van der Waals surface area contributed by atoms with Crippen molar-refractivity contribution in [2.45, 2.75) is 13.1 Å². The first-order valence-corrected chi connectivity index (χ1v) is 6.96. The molecule has 1 aromatic carbocycles. The lowest BCUT2D eigenvalue weighted by Gasteiger charge is -2.06. The molecule has 0 fully saturated rings. The first kappa shape index (κ1) is 17.3. The van der Waals surface area contributed by atoms with E-state index in [-0.39, 0.29) is 12.2 Å². The zero-order chi connectivity index (χ0) is 17.6. The maximum atomic E-state index is 12.7. The maximum Gasteiger partial charge on any atom is 0.416 e. The van der Waals surface area contributed by atoms with Gasteiger partial charge in [-0.1, -0.05) is 17.9 Å². The van der Waals surface area contributed by atoms with Crippen molar-refractivity contribution < 1.29 is 22.7 Å². The molecule has 0 aliphatic rings. The van der Waals surface area contributed by atoms with Crippen LogP contribution >= 0.6 is 0 Å². The number of aromatic nitrogens is 1. The van der Waals surface area contributed by atoms with Crippen molar-refractivity contribution in [1.29, 1.82) is 0 Å². The SMILES string of the molecule is CCOC(=O)Nc1cncc(C#Cc2cccc(C(F)(F)F)c2)c1. The minimum absolute atomic E-state index is 0.230. The van der Waals surface area contributed by atoms with Crippen molar-refractivity contribution in [3.63, 3.8) is 0 Å². The van der Waals surface area contributed by atoms with E-state index < -0.39 is 17.8 Å². The van der Waals surface area contributed by atoms with Gasteiger partial charge in [0, 0.05) is 17.3 Å². The molecule has 1 N–H and O–H groups in total. The van der Waals surface area contributed by atoms with Crippen LogP contribution in [-0.2, 0) is 10.9 Å². The molecule has 2 aromatic rings. The molecule has 0 aliphatic carbocycles. The number of amides is 1. The van der Waals surface area contributed by atoms with Crippen molar-refractivity contribution in [3.05, 3.63) is 59.4 Å². The third kappa shape index (κ3) is 5.02. The topological polar surface area (TPSA) is 51.2 Å². The lowest BCUT2D eigenvalue weighted by molar-refractivity contribution is -0.137. The second-order valence-corrected chi connectivity index (χ2v) is 4.64. The van der Waals surface area contributed by atoms with Crippen LogP contribution < -0.4 is 5.32 Å². The van der Waals surface area contributed by atoms with Gasteiger partial charge in [0.1, 0.15) is 0 Å². The van der Waals surface area contributed by atoms with Crippen molar-refractivity contribution in [2.24, 2.45) is 0 Å². The predicted molar refractivity (Wildman–Crippen MR) is 82.3 cm³/mol. The van der Waals surface area contributed by atoms with Crippen LogP contribution in [0.25, 0.3) is 0 Å². The molecule has 0 bridgehead atoms. The smallest absolute Gasteiger partial charge is 0.416 e. The van der Waals surface area contributed by atoms with Gasteiger partial charge in [-0.05, 0) is 31.2 Å². The van der Waals surface area contributed by atoms with E-state index in [1.807, 2.05) is 0 Å². The summed E-state index contributed by atoms with van der Waals surface area (Å²) in [7, 11) is 0. The van der Waals surface area contributed by atoms with E-state index in [0.717, 1.165) is 12.1 Å². The average molecular weight is 334 g/mol. The molecule has 1 heterocycles. The molecule has 7 heteroatoms. The fraction of sp³-hybridized carbons (Fsp3) is 0.176. The molecular weight excluding hydrogens is 321 g/mol. The number of nitrogens with zero attached hydrogens (tertiary/aromatic N) is 1. The van der Waals surface area contributed by atoms with Crippen LogP contribution in [-0.4, -0.2) is 17.7 Å². The number of carbonyl (C=O) groups excluding carboxylic acids is 1. The molecule has 1 aromatic heterocycles. The lowest BCUT2D eigenvalue weighted by atomic mass is 10.1. The van der Waals surface area contributed by atoms with E-state index in [4.69, 9.17) is 4.74 Å². The summed E-state index contributed by atoms with van der Waals surface area (Å²) in [5.41, 5.74) is 0.296. The number of benzene rings is 1. The fourth-order valence-corrected chi connectivity index (χ4v) is 1.78. The Morgan fingerprint density at radius 3 is 2.67 bits per heavy atom. The van der Waals surface area contributed by atoms with Gasteiger partial charge in [-0.3, -0.25) is 10.3 Å². The van der Waals surface area contributed by atoms with E-state index in [1.54, 1.807) is 13.0 Å². The Hall–Kier alpha value is -3.01. The van der Waals surface area contributed by atoms with Crippen LogP contribution in [0.2, 0.25) is 0 Å². The minimum atomic E-state index is -4.41. The summed E-state index contributed by atoms with van der Waals surface area (Å²) in [6, 6.07) is 6.28. The van der Waals surface area contributed by atoms with Gasteiger partial charge in [-0.25, -0.2) is 4.79 Å². The van der Waals surface area contributed by atoms with E-state index in [2.05, 4.69) is 22.1 Å². The number of halogens is 3. The molecule has 124 valence electrons. The molecule has 24 heavy (non-hydrogen) atoms. The Morgan fingerprint density at radius 2 is 1.96 bits per heavy atom. The quantitative estimate of drug-likeness (QED) is 0.843. The summed E-state index contributed by atoms with van der Waals surface area (Å²) < 4.78 is 42.7. The van der Waals surface area contributed by atoms with Crippen molar-refractivity contribution in [1.82, 2.24) is 4.98 Å². The third-order valence-corrected chi connectivity index (χ3v) is 2.80. The summed E-state index contributed by atoms with van der Waals surface area (Å²) in [6.07, 6.45) is -2.19. The number of hydrogen-bond donors (Lipinski definition) is 1. The highest BCUT2D eigenvalue weighted by molar-refractivity contribution is 5.84. The molecule has 0 spiro atoms. The molecule has 1 amide bonds. The standard InChI is InChI=1S/C17H13F3N2O2/c1-2-24-16(23)22-15-9-13(10-21-11-15)7-6-12-4-3-5-14(8-12)17(18,19)20/h3-5,8-11H,2H2,1H3,(H,22,23). The van der Waals surface area contributed by atoms with Gasteiger partial charge in [0.2, 0.25) is 0 Å². The monoisotopic (exact) mass is 334 g/mol. The van der Waals surface area contributed by atoms with E-state index in [0.29, 0.717) is 11.3 Å². The number of pyridine rings is 1. The Balaban J connectivity index is 2.18. The molecule has 0 radical (unpaired) electrons. The third-order valence-electron chi connectivity index (χ3n) is 2.80. The van der Waals surface area contributed by atoms with Gasteiger partial charge >= 0.3 is 12.3 Å². The first-order valence-electron chi connectivity index (χ1n) is 6.96. The van der Waals surface area contributed by atoms with E-state index >= 15 is 0 Å². The maximum absolute atomic E-state index is 12.7. The summed E-state index contributed by atoms with van der Waals surface area (Å²) >= 11 is 0. The summed E-state index contributed by atoms with van der Waals surface area (Å²) in [5.74, 6) is 5.36. The molecule has 2 rings (SSSR count). The number of ether oxygens (including phenoxy) is 1. The van der Waals surface area contributed by atoms with Crippen LogP contribution in [0.3, 0.4) is 0 Å². The number of alkyl halides is 3. The molecule has 0 saturated heterocycles. The Bertz CT molecular complexity index is 792. The van der Waals surface area contributed by atoms with Gasteiger partial charge < -0.3 is 4.74 Å². The van der Waals surface area contributed by atoms with Crippen LogP contribution in [0, 0.1) is 11.8 Å². The minimum Gasteiger partial charge on any atom is -0.450 e. The predicted octanol–water partition coefficient (Wildman–Crippen LogP) is 4.07. The van der Waals surface area contributed by atoms with Gasteiger partial charge in [0.05, 0.1) is 24.1 Å². The molecule has 0 saturated carbocycles. The molecule has 0 unspecified atom stereocenters. The van der Waals surface area contributed by atoms with Gasteiger partial charge in [-0.15, -0.1) is 0 Å². The van der Waals surface area contributed by atoms with E-state index in [1.165, 1.54) is 24.5 Å². The number of carbonyl (C=O) groups is 1.